The number of nitrogens with zero attached hydrogens (tertiary/aromatic N) is 2. The zero-order valence-corrected chi connectivity index (χ0v) is 10.9. The summed E-state index contributed by atoms with van der Waals surface area (Å²) in [5, 5.41) is 9.38. The van der Waals surface area contributed by atoms with Crippen molar-refractivity contribution >= 4 is 10.9 Å². The predicted octanol–water partition coefficient (Wildman–Crippen LogP) is 1.76. The highest BCUT2D eigenvalue weighted by Gasteiger charge is 2.16. The monoisotopic (exact) mass is 245 g/mol. The maximum Gasteiger partial charge on any atom is 0.0841 e. The Bertz CT molecular complexity index is 555. The van der Waals surface area contributed by atoms with E-state index < -0.39 is 0 Å². The van der Waals surface area contributed by atoms with Gasteiger partial charge in [0.05, 0.1) is 17.8 Å². The van der Waals surface area contributed by atoms with Gasteiger partial charge in [0, 0.05) is 31.6 Å². The van der Waals surface area contributed by atoms with E-state index in [1.54, 1.807) is 0 Å². The highest BCUT2D eigenvalue weighted by atomic mass is 16.5. The molecule has 1 aromatic carbocycles. The van der Waals surface area contributed by atoms with Gasteiger partial charge in [0.25, 0.3) is 0 Å². The van der Waals surface area contributed by atoms with Gasteiger partial charge in [-0.25, -0.2) is 0 Å². The molecular weight excluding hydrogens is 226 g/mol. The quantitative estimate of drug-likeness (QED) is 0.895. The molecule has 0 amide bonds. The fourth-order valence-corrected chi connectivity index (χ4v) is 2.52. The molecule has 1 atom stereocenters. The molecule has 0 unspecified atom stereocenters. The van der Waals surface area contributed by atoms with Crippen LogP contribution in [0.1, 0.15) is 17.7 Å². The Morgan fingerprint density at radius 3 is 3.17 bits per heavy atom. The lowest BCUT2D eigenvalue weighted by atomic mass is 10.1. The Kier molecular flexibility index (Phi) is 3.06. The minimum atomic E-state index is 0.479. The maximum absolute atomic E-state index is 5.37. The van der Waals surface area contributed by atoms with E-state index in [2.05, 4.69) is 35.5 Å². The molecule has 0 aliphatic carbocycles. The summed E-state index contributed by atoms with van der Waals surface area (Å²) in [5.41, 5.74) is 3.60. The molecule has 4 nitrogen and oxygen atoms in total. The van der Waals surface area contributed by atoms with Crippen LogP contribution in [-0.2, 0) is 18.3 Å². The number of aromatic nitrogens is 2. The zero-order valence-electron chi connectivity index (χ0n) is 10.9. The lowest BCUT2D eigenvalue weighted by Crippen LogP contribution is -2.28. The van der Waals surface area contributed by atoms with Gasteiger partial charge in [-0.15, -0.1) is 0 Å². The third-order valence-corrected chi connectivity index (χ3v) is 3.57. The fourth-order valence-electron chi connectivity index (χ4n) is 2.52. The third kappa shape index (κ3) is 2.13. The van der Waals surface area contributed by atoms with Crippen LogP contribution in [0, 0.1) is 6.92 Å². The van der Waals surface area contributed by atoms with Gasteiger partial charge in [-0.2, -0.15) is 5.10 Å². The second-order valence-corrected chi connectivity index (χ2v) is 5.03. The Balaban J connectivity index is 1.84. The number of fused-ring (bicyclic) bond motifs is 1. The SMILES string of the molecule is Cc1ccc2c(c1)c(CN[C@@H]1CCOC1)nn2C. The highest BCUT2D eigenvalue weighted by molar-refractivity contribution is 5.82. The molecule has 1 fully saturated rings. The molecule has 3 rings (SSSR count). The van der Waals surface area contributed by atoms with Crippen LogP contribution in [0.15, 0.2) is 18.2 Å². The summed E-state index contributed by atoms with van der Waals surface area (Å²) in [4.78, 5) is 0. The first-order valence-electron chi connectivity index (χ1n) is 6.47. The van der Waals surface area contributed by atoms with E-state index in [0.717, 1.165) is 31.9 Å². The molecule has 96 valence electrons. The maximum atomic E-state index is 5.37. The summed E-state index contributed by atoms with van der Waals surface area (Å²) in [6, 6.07) is 6.96. The molecule has 4 heteroatoms. The smallest absolute Gasteiger partial charge is 0.0841 e. The van der Waals surface area contributed by atoms with Crippen molar-refractivity contribution in [2.24, 2.45) is 7.05 Å². The molecule has 1 N–H and O–H groups in total. The van der Waals surface area contributed by atoms with Crippen LogP contribution in [0.2, 0.25) is 0 Å². The number of benzene rings is 1. The molecule has 0 saturated carbocycles. The predicted molar refractivity (Wildman–Crippen MR) is 71.5 cm³/mol. The van der Waals surface area contributed by atoms with Crippen molar-refractivity contribution in [3.63, 3.8) is 0 Å². The normalized spacial score (nSPS) is 19.8. The largest absolute Gasteiger partial charge is 0.380 e. The van der Waals surface area contributed by atoms with E-state index in [1.807, 2.05) is 11.7 Å². The topological polar surface area (TPSA) is 39.1 Å². The van der Waals surface area contributed by atoms with Crippen LogP contribution in [0.3, 0.4) is 0 Å². The van der Waals surface area contributed by atoms with Crippen LogP contribution in [0.4, 0.5) is 0 Å². The van der Waals surface area contributed by atoms with Crippen molar-refractivity contribution in [3.8, 4) is 0 Å². The highest BCUT2D eigenvalue weighted by Crippen LogP contribution is 2.19. The van der Waals surface area contributed by atoms with E-state index >= 15 is 0 Å². The van der Waals surface area contributed by atoms with E-state index in [9.17, 15) is 0 Å². The average molecular weight is 245 g/mol. The molecule has 0 spiro atoms. The van der Waals surface area contributed by atoms with Gasteiger partial charge < -0.3 is 10.1 Å². The summed E-state index contributed by atoms with van der Waals surface area (Å²) >= 11 is 0. The van der Waals surface area contributed by atoms with Gasteiger partial charge in [-0.3, -0.25) is 4.68 Å². The molecule has 0 radical (unpaired) electrons. The Morgan fingerprint density at radius 2 is 2.39 bits per heavy atom. The standard InChI is InChI=1S/C14H19N3O/c1-10-3-4-14-12(7-10)13(16-17(14)2)8-15-11-5-6-18-9-11/h3-4,7,11,15H,5-6,8-9H2,1-2H3/t11-/m1/s1. The summed E-state index contributed by atoms with van der Waals surface area (Å²) in [6.07, 6.45) is 1.10. The minimum Gasteiger partial charge on any atom is -0.380 e. The zero-order chi connectivity index (χ0) is 12.5. The first-order chi connectivity index (χ1) is 8.74. The van der Waals surface area contributed by atoms with E-state index in [0.29, 0.717) is 6.04 Å². The van der Waals surface area contributed by atoms with Crippen molar-refractivity contribution in [1.29, 1.82) is 0 Å². The van der Waals surface area contributed by atoms with Gasteiger partial charge in [0.2, 0.25) is 0 Å². The Morgan fingerprint density at radius 1 is 1.50 bits per heavy atom. The molecule has 1 aliphatic rings. The van der Waals surface area contributed by atoms with Crippen LogP contribution in [0.5, 0.6) is 0 Å². The van der Waals surface area contributed by atoms with Gasteiger partial charge >= 0.3 is 0 Å². The van der Waals surface area contributed by atoms with Crippen LogP contribution in [0.25, 0.3) is 10.9 Å². The van der Waals surface area contributed by atoms with E-state index in [-0.39, 0.29) is 0 Å². The summed E-state index contributed by atoms with van der Waals surface area (Å²) in [6.45, 7) is 4.63. The number of aryl methyl sites for hydroxylation is 2. The molecule has 1 aromatic heterocycles. The number of nitrogens with one attached hydrogen (secondary N) is 1. The van der Waals surface area contributed by atoms with Crippen molar-refractivity contribution in [1.82, 2.24) is 15.1 Å². The minimum absolute atomic E-state index is 0.479. The van der Waals surface area contributed by atoms with Crippen molar-refractivity contribution in [2.45, 2.75) is 25.9 Å². The molecular formula is C14H19N3O. The second-order valence-electron chi connectivity index (χ2n) is 5.03. The second kappa shape index (κ2) is 4.71. The number of rotatable bonds is 3. The molecule has 0 bridgehead atoms. The molecule has 18 heavy (non-hydrogen) atoms. The molecule has 1 saturated heterocycles. The number of hydrogen-bond acceptors (Lipinski definition) is 3. The molecule has 1 aliphatic heterocycles. The summed E-state index contributed by atoms with van der Waals surface area (Å²) < 4.78 is 7.32. The molecule has 2 heterocycles. The third-order valence-electron chi connectivity index (χ3n) is 3.57. The van der Waals surface area contributed by atoms with Crippen LogP contribution in [-0.4, -0.2) is 29.0 Å². The lowest BCUT2D eigenvalue weighted by Gasteiger charge is -2.08. The van der Waals surface area contributed by atoms with Gasteiger partial charge in [0.1, 0.15) is 0 Å². The van der Waals surface area contributed by atoms with Gasteiger partial charge in [-0.1, -0.05) is 11.6 Å². The number of hydrogen-bond donors (Lipinski definition) is 1. The first kappa shape index (κ1) is 11.7. The van der Waals surface area contributed by atoms with Gasteiger partial charge in [0.15, 0.2) is 0 Å². The lowest BCUT2D eigenvalue weighted by molar-refractivity contribution is 0.189. The Labute approximate surface area is 107 Å². The van der Waals surface area contributed by atoms with E-state index in [4.69, 9.17) is 4.74 Å². The Hall–Kier alpha value is -1.39. The van der Waals surface area contributed by atoms with Gasteiger partial charge in [-0.05, 0) is 25.5 Å². The van der Waals surface area contributed by atoms with Crippen molar-refractivity contribution in [2.75, 3.05) is 13.2 Å². The first-order valence-corrected chi connectivity index (χ1v) is 6.47. The fraction of sp³-hybridized carbons (Fsp3) is 0.500. The number of ether oxygens (including phenoxy) is 1. The van der Waals surface area contributed by atoms with Crippen LogP contribution < -0.4 is 5.32 Å². The average Bonchev–Trinajstić information content (AvgIpc) is 2.95. The van der Waals surface area contributed by atoms with E-state index in [1.165, 1.54) is 16.5 Å². The van der Waals surface area contributed by atoms with Crippen LogP contribution >= 0.6 is 0 Å². The van der Waals surface area contributed by atoms with Crippen molar-refractivity contribution in [3.05, 3.63) is 29.5 Å². The molecule has 2 aromatic rings. The van der Waals surface area contributed by atoms with Crippen molar-refractivity contribution < 1.29 is 4.74 Å². The summed E-state index contributed by atoms with van der Waals surface area (Å²) in [7, 11) is 2.00. The summed E-state index contributed by atoms with van der Waals surface area (Å²) in [5.74, 6) is 0.